The van der Waals surface area contributed by atoms with Crippen molar-refractivity contribution in [2.75, 3.05) is 6.61 Å². The third-order valence-electron chi connectivity index (χ3n) is 4.69. The number of benzene rings is 1. The minimum atomic E-state index is -1.46. The molecule has 0 saturated carbocycles. The smallest absolute Gasteiger partial charge is 0.328 e. The lowest BCUT2D eigenvalue weighted by molar-refractivity contribution is -0.142. The highest BCUT2D eigenvalue weighted by Gasteiger charge is 2.28. The van der Waals surface area contributed by atoms with Gasteiger partial charge in [-0.05, 0) is 6.42 Å². The first kappa shape index (κ1) is 19.4. The fourth-order valence-corrected chi connectivity index (χ4v) is 5.58. The van der Waals surface area contributed by atoms with Crippen LogP contribution in [0, 0.1) is 0 Å². The van der Waals surface area contributed by atoms with E-state index in [0.29, 0.717) is 19.4 Å². The van der Waals surface area contributed by atoms with Crippen molar-refractivity contribution in [3.8, 4) is 0 Å². The summed E-state index contributed by atoms with van der Waals surface area (Å²) in [6.07, 6.45) is 2.56. The molecule has 1 aliphatic rings. The number of hydrogen-bond donors (Lipinski definition) is 1. The molecule has 1 aliphatic heterocycles. The zero-order chi connectivity index (χ0) is 18.3. The van der Waals surface area contributed by atoms with Crippen LogP contribution >= 0.6 is 0 Å². The number of ether oxygens (including phenoxy) is 1. The SMILES string of the molecule is C[Si](C)(CCCCC(=O)CC(=O)N[C@H]1CCOC1=O)c1ccccc1. The molecule has 2 rings (SSSR count). The molecule has 0 aromatic heterocycles. The average Bonchev–Trinajstić information content (AvgIpc) is 2.97. The van der Waals surface area contributed by atoms with Gasteiger partial charge in [0, 0.05) is 12.8 Å². The van der Waals surface area contributed by atoms with Crippen LogP contribution in [0.3, 0.4) is 0 Å². The Morgan fingerprint density at radius 3 is 2.56 bits per heavy atom. The zero-order valence-corrected chi connectivity index (χ0v) is 16.0. The number of esters is 1. The van der Waals surface area contributed by atoms with Gasteiger partial charge < -0.3 is 10.1 Å². The number of hydrogen-bond acceptors (Lipinski definition) is 4. The molecule has 0 bridgehead atoms. The van der Waals surface area contributed by atoms with Gasteiger partial charge in [0.05, 0.1) is 21.1 Å². The average molecular weight is 362 g/mol. The Bertz CT molecular complexity index is 615. The molecular weight excluding hydrogens is 334 g/mol. The molecule has 1 atom stereocenters. The maximum absolute atomic E-state index is 11.9. The molecule has 5 nitrogen and oxygen atoms in total. The number of carbonyl (C=O) groups is 3. The van der Waals surface area contributed by atoms with Gasteiger partial charge in [0.25, 0.3) is 0 Å². The van der Waals surface area contributed by atoms with Crippen molar-refractivity contribution < 1.29 is 19.1 Å². The topological polar surface area (TPSA) is 72.5 Å². The summed E-state index contributed by atoms with van der Waals surface area (Å²) in [6, 6.07) is 11.1. The van der Waals surface area contributed by atoms with Crippen molar-refractivity contribution in [2.24, 2.45) is 0 Å². The Hall–Kier alpha value is -1.95. The molecule has 1 aromatic rings. The summed E-state index contributed by atoms with van der Waals surface area (Å²) in [5.41, 5.74) is 0. The van der Waals surface area contributed by atoms with Crippen LogP contribution in [0.15, 0.2) is 30.3 Å². The summed E-state index contributed by atoms with van der Waals surface area (Å²) in [4.78, 5) is 35.0. The first-order valence-corrected chi connectivity index (χ1v) is 12.1. The second kappa shape index (κ2) is 8.94. The Labute approximate surface area is 150 Å². The number of amides is 1. The van der Waals surface area contributed by atoms with Gasteiger partial charge in [0.15, 0.2) is 0 Å². The van der Waals surface area contributed by atoms with E-state index < -0.39 is 20.1 Å². The van der Waals surface area contributed by atoms with Gasteiger partial charge in [-0.15, -0.1) is 0 Å². The quantitative estimate of drug-likeness (QED) is 0.317. The molecule has 25 heavy (non-hydrogen) atoms. The Balaban J connectivity index is 1.65. The van der Waals surface area contributed by atoms with E-state index in [1.165, 1.54) is 5.19 Å². The fraction of sp³-hybridized carbons (Fsp3) is 0.526. The molecule has 6 heteroatoms. The highest BCUT2D eigenvalue weighted by molar-refractivity contribution is 6.89. The molecule has 1 N–H and O–H groups in total. The van der Waals surface area contributed by atoms with Gasteiger partial charge in [-0.2, -0.15) is 0 Å². The van der Waals surface area contributed by atoms with Crippen molar-refractivity contribution in [3.05, 3.63) is 30.3 Å². The van der Waals surface area contributed by atoms with Gasteiger partial charge in [-0.25, -0.2) is 4.79 Å². The van der Waals surface area contributed by atoms with Gasteiger partial charge in [0.1, 0.15) is 11.8 Å². The Morgan fingerprint density at radius 1 is 1.20 bits per heavy atom. The predicted octanol–water partition coefficient (Wildman–Crippen LogP) is 2.16. The Kier molecular flexibility index (Phi) is 6.93. The standard InChI is InChI=1S/C19H27NO4Si/c1-25(2,16-9-4-3-5-10-16)13-7-6-8-15(21)14-18(22)20-17-11-12-24-19(17)23/h3-5,9-10,17H,6-8,11-14H2,1-2H3,(H,20,22)/t17-/m0/s1. The van der Waals surface area contributed by atoms with E-state index in [1.807, 2.05) is 6.07 Å². The van der Waals surface area contributed by atoms with Crippen molar-refractivity contribution >= 4 is 30.9 Å². The van der Waals surface area contributed by atoms with E-state index in [2.05, 4.69) is 42.7 Å². The maximum atomic E-state index is 11.9. The highest BCUT2D eigenvalue weighted by atomic mass is 28.3. The van der Waals surface area contributed by atoms with Gasteiger partial charge >= 0.3 is 5.97 Å². The molecule has 0 unspecified atom stereocenters. The van der Waals surface area contributed by atoms with E-state index >= 15 is 0 Å². The third-order valence-corrected chi connectivity index (χ3v) is 8.19. The summed E-state index contributed by atoms with van der Waals surface area (Å²) in [5, 5.41) is 4.00. The zero-order valence-electron chi connectivity index (χ0n) is 15.0. The van der Waals surface area contributed by atoms with E-state index in [9.17, 15) is 14.4 Å². The Morgan fingerprint density at radius 2 is 1.92 bits per heavy atom. The van der Waals surface area contributed by atoms with Crippen LogP contribution in [0.2, 0.25) is 19.1 Å². The first-order valence-electron chi connectivity index (χ1n) is 8.92. The molecule has 1 saturated heterocycles. The second-order valence-corrected chi connectivity index (χ2v) is 12.1. The van der Waals surface area contributed by atoms with E-state index in [1.54, 1.807) is 0 Å². The van der Waals surface area contributed by atoms with Gasteiger partial charge in [-0.1, -0.05) is 61.1 Å². The van der Waals surface area contributed by atoms with Crippen LogP contribution in [0.5, 0.6) is 0 Å². The van der Waals surface area contributed by atoms with Gasteiger partial charge in [0.2, 0.25) is 5.91 Å². The summed E-state index contributed by atoms with van der Waals surface area (Å²) in [5.74, 6) is -0.857. The lowest BCUT2D eigenvalue weighted by Gasteiger charge is -2.22. The van der Waals surface area contributed by atoms with E-state index in [4.69, 9.17) is 4.74 Å². The molecular formula is C19H27NO4Si. The fourth-order valence-electron chi connectivity index (χ4n) is 3.06. The van der Waals surface area contributed by atoms with Crippen molar-refractivity contribution in [2.45, 2.75) is 57.3 Å². The molecule has 0 aliphatic carbocycles. The largest absolute Gasteiger partial charge is 0.464 e. The number of unbranched alkanes of at least 4 members (excludes halogenated alkanes) is 1. The number of carbonyl (C=O) groups excluding carboxylic acids is 3. The van der Waals surface area contributed by atoms with Gasteiger partial charge in [-0.3, -0.25) is 9.59 Å². The summed E-state index contributed by atoms with van der Waals surface area (Å²) in [7, 11) is -1.46. The van der Waals surface area contributed by atoms with Crippen LogP contribution in [0.1, 0.15) is 32.1 Å². The lowest BCUT2D eigenvalue weighted by Crippen LogP contribution is -2.40. The highest BCUT2D eigenvalue weighted by Crippen LogP contribution is 2.15. The molecule has 136 valence electrons. The lowest BCUT2D eigenvalue weighted by atomic mass is 10.1. The summed E-state index contributed by atoms with van der Waals surface area (Å²) < 4.78 is 4.78. The molecule has 1 aromatic carbocycles. The second-order valence-electron chi connectivity index (χ2n) is 7.25. The minimum Gasteiger partial charge on any atom is -0.464 e. The molecule has 1 heterocycles. The third kappa shape index (κ3) is 6.12. The minimum absolute atomic E-state index is 0.0666. The monoisotopic (exact) mass is 361 g/mol. The maximum Gasteiger partial charge on any atom is 0.328 e. The number of ketones is 1. The molecule has 0 spiro atoms. The van der Waals surface area contributed by atoms with Crippen LogP contribution in [-0.2, 0) is 19.1 Å². The number of cyclic esters (lactones) is 1. The summed E-state index contributed by atoms with van der Waals surface area (Å²) >= 11 is 0. The number of rotatable bonds is 9. The van der Waals surface area contributed by atoms with E-state index in [-0.39, 0.29) is 18.1 Å². The van der Waals surface area contributed by atoms with Crippen molar-refractivity contribution in [1.82, 2.24) is 5.32 Å². The van der Waals surface area contributed by atoms with Crippen molar-refractivity contribution in [1.29, 1.82) is 0 Å². The summed E-state index contributed by atoms with van der Waals surface area (Å²) in [6.45, 7) is 5.02. The molecule has 1 fully saturated rings. The number of Topliss-reactive ketones (excluding diaryl/α,β-unsaturated/α-hetero) is 1. The predicted molar refractivity (Wildman–Crippen MR) is 99.3 cm³/mol. The number of nitrogens with one attached hydrogen (secondary N) is 1. The van der Waals surface area contributed by atoms with E-state index in [0.717, 1.165) is 18.9 Å². The first-order chi connectivity index (χ1) is 11.9. The molecule has 0 radical (unpaired) electrons. The van der Waals surface area contributed by atoms with Crippen LogP contribution in [0.25, 0.3) is 0 Å². The molecule has 1 amide bonds. The van der Waals surface area contributed by atoms with Crippen LogP contribution in [-0.4, -0.2) is 38.4 Å². The van der Waals surface area contributed by atoms with Crippen LogP contribution in [0.4, 0.5) is 0 Å². The normalized spacial score (nSPS) is 17.2. The van der Waals surface area contributed by atoms with Crippen LogP contribution < -0.4 is 10.5 Å². The van der Waals surface area contributed by atoms with Crippen molar-refractivity contribution in [3.63, 3.8) is 0 Å².